The number of amides is 1. The molecular weight excluding hydrogens is 382 g/mol. The fraction of sp³-hybridized carbons (Fsp3) is 0.500. The second-order valence-electron chi connectivity index (χ2n) is 8.42. The molecule has 4 rings (SSSR count). The van der Waals surface area contributed by atoms with Crippen LogP contribution in [-0.4, -0.2) is 45.3 Å². The zero-order chi connectivity index (χ0) is 21.4. The van der Waals surface area contributed by atoms with Crippen molar-refractivity contribution in [2.24, 2.45) is 5.92 Å². The highest BCUT2D eigenvalue weighted by Crippen LogP contribution is 2.31. The van der Waals surface area contributed by atoms with Gasteiger partial charge in [-0.05, 0) is 38.7 Å². The molecule has 0 N–H and O–H groups in total. The summed E-state index contributed by atoms with van der Waals surface area (Å²) >= 11 is 0. The van der Waals surface area contributed by atoms with Gasteiger partial charge in [-0.25, -0.2) is 9.97 Å². The predicted octanol–water partition coefficient (Wildman–Crippen LogP) is 3.44. The predicted molar refractivity (Wildman–Crippen MR) is 114 cm³/mol. The van der Waals surface area contributed by atoms with Crippen molar-refractivity contribution in [2.45, 2.75) is 46.6 Å². The van der Waals surface area contributed by atoms with Gasteiger partial charge in [0.15, 0.2) is 0 Å². The molecule has 30 heavy (non-hydrogen) atoms. The van der Waals surface area contributed by atoms with Gasteiger partial charge in [-0.2, -0.15) is 0 Å². The molecule has 1 aromatic carbocycles. The van der Waals surface area contributed by atoms with E-state index in [0.29, 0.717) is 30.6 Å². The molecule has 2 aliphatic rings. The lowest BCUT2D eigenvalue weighted by Gasteiger charge is -2.36. The summed E-state index contributed by atoms with van der Waals surface area (Å²) in [5.74, 6) is 2.23. The van der Waals surface area contributed by atoms with Gasteiger partial charge in [-0.3, -0.25) is 14.9 Å². The third-order valence-electron chi connectivity index (χ3n) is 6.17. The molecule has 8 nitrogen and oxygen atoms in total. The Morgan fingerprint density at radius 1 is 1.17 bits per heavy atom. The minimum absolute atomic E-state index is 0.0275. The lowest BCUT2D eigenvalue weighted by molar-refractivity contribution is -0.385. The molecule has 0 saturated carbocycles. The average molecular weight is 409 g/mol. The number of anilines is 1. The number of fused-ring (bicyclic) bond motifs is 1. The van der Waals surface area contributed by atoms with Crippen LogP contribution in [0.4, 0.5) is 11.5 Å². The Morgan fingerprint density at radius 2 is 1.90 bits per heavy atom. The number of rotatable bonds is 3. The number of carbonyl (C=O) groups is 1. The first-order valence-corrected chi connectivity index (χ1v) is 10.5. The third-order valence-corrected chi connectivity index (χ3v) is 6.17. The van der Waals surface area contributed by atoms with Gasteiger partial charge in [0.05, 0.1) is 17.2 Å². The molecule has 1 saturated heterocycles. The quantitative estimate of drug-likeness (QED) is 0.570. The van der Waals surface area contributed by atoms with Crippen LogP contribution in [0.3, 0.4) is 0 Å². The van der Waals surface area contributed by atoms with Crippen LogP contribution in [0.2, 0.25) is 0 Å². The van der Waals surface area contributed by atoms with E-state index in [2.05, 4.69) is 16.8 Å². The Morgan fingerprint density at radius 3 is 2.60 bits per heavy atom. The molecule has 1 aromatic heterocycles. The molecule has 0 unspecified atom stereocenters. The van der Waals surface area contributed by atoms with Crippen LogP contribution >= 0.6 is 0 Å². The average Bonchev–Trinajstić information content (AvgIpc) is 2.73. The van der Waals surface area contributed by atoms with Crippen LogP contribution in [0.25, 0.3) is 0 Å². The molecule has 0 bridgehead atoms. The van der Waals surface area contributed by atoms with E-state index < -0.39 is 4.92 Å². The third kappa shape index (κ3) is 3.86. The number of benzene rings is 1. The van der Waals surface area contributed by atoms with E-state index in [1.807, 2.05) is 6.92 Å². The van der Waals surface area contributed by atoms with Crippen LogP contribution in [-0.2, 0) is 13.0 Å². The van der Waals surface area contributed by atoms with Crippen LogP contribution in [0.1, 0.15) is 52.8 Å². The summed E-state index contributed by atoms with van der Waals surface area (Å²) in [7, 11) is 0. The van der Waals surface area contributed by atoms with E-state index in [9.17, 15) is 14.9 Å². The van der Waals surface area contributed by atoms with Crippen molar-refractivity contribution in [1.82, 2.24) is 14.9 Å². The Balaban J connectivity index is 1.62. The largest absolute Gasteiger partial charge is 0.356 e. The molecule has 2 aliphatic heterocycles. The van der Waals surface area contributed by atoms with E-state index >= 15 is 0 Å². The topological polar surface area (TPSA) is 92.5 Å². The van der Waals surface area contributed by atoms with E-state index in [1.165, 1.54) is 6.07 Å². The van der Waals surface area contributed by atoms with Gasteiger partial charge in [0.1, 0.15) is 11.6 Å². The normalized spacial score (nSPS) is 17.0. The summed E-state index contributed by atoms with van der Waals surface area (Å²) in [4.78, 5) is 37.4. The number of nitro groups is 1. The van der Waals surface area contributed by atoms with E-state index in [4.69, 9.17) is 4.98 Å². The number of aromatic nitrogens is 2. The summed E-state index contributed by atoms with van der Waals surface area (Å²) < 4.78 is 0. The van der Waals surface area contributed by atoms with Crippen molar-refractivity contribution in [3.8, 4) is 0 Å². The number of hydrogen-bond acceptors (Lipinski definition) is 6. The van der Waals surface area contributed by atoms with Crippen molar-refractivity contribution in [3.05, 3.63) is 56.5 Å². The van der Waals surface area contributed by atoms with Crippen LogP contribution in [0.15, 0.2) is 18.2 Å². The summed E-state index contributed by atoms with van der Waals surface area (Å²) in [6.45, 7) is 8.76. The Hall–Kier alpha value is -3.03. The van der Waals surface area contributed by atoms with Gasteiger partial charge < -0.3 is 9.80 Å². The molecule has 158 valence electrons. The Bertz CT molecular complexity index is 999. The highest BCUT2D eigenvalue weighted by Gasteiger charge is 2.29. The van der Waals surface area contributed by atoms with Crippen LogP contribution in [0.5, 0.6) is 0 Å². The summed E-state index contributed by atoms with van der Waals surface area (Å²) in [5, 5.41) is 11.3. The first-order chi connectivity index (χ1) is 14.3. The molecule has 1 fully saturated rings. The molecule has 0 atom stereocenters. The maximum Gasteiger partial charge on any atom is 0.273 e. The molecule has 0 radical (unpaired) electrons. The number of carbonyl (C=O) groups excluding carboxylic acids is 1. The SMILES string of the molecule is Cc1nc2c(c(N3CCC(C)CC3)n1)CN(C(=O)c1ccc(C)c([N+](=O)[O-])c1)CC2. The van der Waals surface area contributed by atoms with Crippen molar-refractivity contribution < 1.29 is 9.72 Å². The lowest BCUT2D eigenvalue weighted by Crippen LogP contribution is -2.40. The molecule has 2 aromatic rings. The molecule has 0 aliphatic carbocycles. The maximum absolute atomic E-state index is 13.1. The van der Waals surface area contributed by atoms with Gasteiger partial charge in [0.25, 0.3) is 11.6 Å². The van der Waals surface area contributed by atoms with Gasteiger partial charge in [-0.15, -0.1) is 0 Å². The molecule has 3 heterocycles. The second-order valence-corrected chi connectivity index (χ2v) is 8.42. The molecule has 1 amide bonds. The summed E-state index contributed by atoms with van der Waals surface area (Å²) in [6, 6.07) is 4.68. The number of aryl methyl sites for hydroxylation is 2. The smallest absolute Gasteiger partial charge is 0.273 e. The lowest BCUT2D eigenvalue weighted by atomic mass is 9.98. The highest BCUT2D eigenvalue weighted by atomic mass is 16.6. The van der Waals surface area contributed by atoms with E-state index in [0.717, 1.165) is 54.7 Å². The molecular formula is C22H27N5O3. The number of nitrogens with zero attached hydrogens (tertiary/aromatic N) is 5. The first-order valence-electron chi connectivity index (χ1n) is 10.5. The van der Waals surface area contributed by atoms with E-state index in [-0.39, 0.29) is 11.6 Å². The van der Waals surface area contributed by atoms with Crippen molar-refractivity contribution >= 4 is 17.4 Å². The Labute approximate surface area is 176 Å². The van der Waals surface area contributed by atoms with Gasteiger partial charge >= 0.3 is 0 Å². The zero-order valence-corrected chi connectivity index (χ0v) is 17.7. The van der Waals surface area contributed by atoms with Crippen LogP contribution in [0, 0.1) is 29.9 Å². The van der Waals surface area contributed by atoms with Crippen molar-refractivity contribution in [2.75, 3.05) is 24.5 Å². The highest BCUT2D eigenvalue weighted by molar-refractivity contribution is 5.95. The fourth-order valence-corrected chi connectivity index (χ4v) is 4.29. The standard InChI is InChI=1S/C22H27N5O3/c1-14-6-9-25(10-7-14)21-18-13-26(11-8-19(18)23-16(3)24-21)22(28)17-5-4-15(2)20(12-17)27(29)30/h4-5,12,14H,6-11,13H2,1-3H3. The first kappa shape index (κ1) is 20.3. The monoisotopic (exact) mass is 409 g/mol. The summed E-state index contributed by atoms with van der Waals surface area (Å²) in [6.07, 6.45) is 2.93. The van der Waals surface area contributed by atoms with Gasteiger partial charge in [-0.1, -0.05) is 13.0 Å². The Kier molecular flexibility index (Phi) is 5.40. The summed E-state index contributed by atoms with van der Waals surface area (Å²) in [5.41, 5.74) is 2.88. The number of nitro benzene ring substituents is 1. The second kappa shape index (κ2) is 8.01. The van der Waals surface area contributed by atoms with Crippen LogP contribution < -0.4 is 4.90 Å². The minimum Gasteiger partial charge on any atom is -0.356 e. The minimum atomic E-state index is -0.441. The van der Waals surface area contributed by atoms with Gasteiger partial charge in [0.2, 0.25) is 0 Å². The maximum atomic E-state index is 13.1. The van der Waals surface area contributed by atoms with Crippen molar-refractivity contribution in [3.63, 3.8) is 0 Å². The molecule has 8 heteroatoms. The zero-order valence-electron chi connectivity index (χ0n) is 17.7. The van der Waals surface area contributed by atoms with Gasteiger partial charge in [0, 0.05) is 48.8 Å². The molecule has 0 spiro atoms. The van der Waals surface area contributed by atoms with E-state index in [1.54, 1.807) is 24.0 Å². The van der Waals surface area contributed by atoms with Crippen molar-refractivity contribution in [1.29, 1.82) is 0 Å². The fourth-order valence-electron chi connectivity index (χ4n) is 4.29. The number of piperidine rings is 1. The number of hydrogen-bond donors (Lipinski definition) is 0.